The Morgan fingerprint density at radius 1 is 1.12 bits per heavy atom. The van der Waals surface area contributed by atoms with E-state index in [1.54, 1.807) is 29.7 Å². The molecule has 5 rings (SSSR count). The number of anilines is 1. The minimum Gasteiger partial charge on any atom is -0.459 e. The molecule has 2 saturated heterocycles. The zero-order chi connectivity index (χ0) is 23.3. The van der Waals surface area contributed by atoms with Crippen LogP contribution in [-0.4, -0.2) is 70.9 Å². The molecule has 2 aliphatic rings. The van der Waals surface area contributed by atoms with E-state index in [0.29, 0.717) is 24.9 Å². The largest absolute Gasteiger partial charge is 0.459 e. The molecule has 0 unspecified atom stereocenters. The van der Waals surface area contributed by atoms with Crippen LogP contribution in [0.3, 0.4) is 0 Å². The lowest BCUT2D eigenvalue weighted by molar-refractivity contribution is 0.0596. The van der Waals surface area contributed by atoms with Crippen molar-refractivity contribution in [3.63, 3.8) is 0 Å². The number of hydrogen-bond acceptors (Lipinski definition) is 7. The number of likely N-dealkylation sites (tertiary alicyclic amines) is 1. The molecule has 1 N–H and O–H groups in total. The maximum Gasteiger partial charge on any atom is 0.289 e. The Morgan fingerprint density at radius 3 is 2.71 bits per heavy atom. The number of thiazole rings is 1. The fraction of sp³-hybridized carbons (Fsp3) is 0.440. The van der Waals surface area contributed by atoms with Crippen molar-refractivity contribution in [1.82, 2.24) is 19.7 Å². The summed E-state index contributed by atoms with van der Waals surface area (Å²) in [4.78, 5) is 24.1. The monoisotopic (exact) mass is 543 g/mol. The second-order valence-electron chi connectivity index (χ2n) is 8.96. The van der Waals surface area contributed by atoms with Gasteiger partial charge in [-0.15, -0.1) is 11.3 Å². The minimum atomic E-state index is -0.0223. The van der Waals surface area contributed by atoms with Crippen molar-refractivity contribution < 1.29 is 9.21 Å². The van der Waals surface area contributed by atoms with Crippen molar-refractivity contribution in [2.24, 2.45) is 0 Å². The summed E-state index contributed by atoms with van der Waals surface area (Å²) in [6.07, 6.45) is 4.02. The zero-order valence-corrected chi connectivity index (χ0v) is 21.6. The van der Waals surface area contributed by atoms with Gasteiger partial charge in [0, 0.05) is 61.7 Å². The average Bonchev–Trinajstić information content (AvgIpc) is 3.62. The van der Waals surface area contributed by atoms with Crippen LogP contribution in [0.1, 0.15) is 34.7 Å². The van der Waals surface area contributed by atoms with Crippen molar-refractivity contribution in [3.05, 3.63) is 69.5 Å². The van der Waals surface area contributed by atoms with Gasteiger partial charge in [-0.2, -0.15) is 0 Å². The van der Waals surface area contributed by atoms with Crippen LogP contribution in [0.15, 0.2) is 56.9 Å². The van der Waals surface area contributed by atoms with Gasteiger partial charge in [-0.05, 0) is 49.2 Å². The number of amides is 1. The van der Waals surface area contributed by atoms with Crippen LogP contribution in [0, 0.1) is 0 Å². The molecule has 2 aliphatic heterocycles. The Balaban J connectivity index is 1.07. The summed E-state index contributed by atoms with van der Waals surface area (Å²) in [5, 5.41) is 6.73. The molecule has 0 spiro atoms. The van der Waals surface area contributed by atoms with Gasteiger partial charge in [-0.25, -0.2) is 4.98 Å². The SMILES string of the molecule is O=C(c1ccco1)N1CCN(Cc2csc(NC[C@@H]3CCCN3Cc3ccc(Br)cc3)n2)CC1. The first kappa shape index (κ1) is 23.5. The number of hydrogen-bond donors (Lipinski definition) is 1. The topological polar surface area (TPSA) is 64.9 Å². The van der Waals surface area contributed by atoms with Gasteiger partial charge in [0.1, 0.15) is 0 Å². The molecule has 2 aromatic heterocycles. The number of carbonyl (C=O) groups excluding carboxylic acids is 1. The van der Waals surface area contributed by atoms with Gasteiger partial charge in [0.15, 0.2) is 10.9 Å². The van der Waals surface area contributed by atoms with Crippen LogP contribution in [-0.2, 0) is 13.1 Å². The second-order valence-corrected chi connectivity index (χ2v) is 10.7. The van der Waals surface area contributed by atoms with Gasteiger partial charge in [0.25, 0.3) is 5.91 Å². The summed E-state index contributed by atoms with van der Waals surface area (Å²) in [7, 11) is 0. The van der Waals surface area contributed by atoms with Crippen LogP contribution < -0.4 is 5.32 Å². The lowest BCUT2D eigenvalue weighted by atomic mass is 10.2. The van der Waals surface area contributed by atoms with E-state index in [1.165, 1.54) is 18.4 Å². The number of furan rings is 1. The highest BCUT2D eigenvalue weighted by Crippen LogP contribution is 2.23. The van der Waals surface area contributed by atoms with Crippen LogP contribution >= 0.6 is 27.3 Å². The Hall–Kier alpha value is -2.20. The van der Waals surface area contributed by atoms with Gasteiger partial charge in [-0.3, -0.25) is 14.6 Å². The fourth-order valence-corrected chi connectivity index (χ4v) is 5.69. The summed E-state index contributed by atoms with van der Waals surface area (Å²) in [6.45, 7) is 7.02. The van der Waals surface area contributed by atoms with E-state index in [1.807, 2.05) is 4.90 Å². The number of carbonyl (C=O) groups is 1. The lowest BCUT2D eigenvalue weighted by Gasteiger charge is -2.33. The van der Waals surface area contributed by atoms with Crippen molar-refractivity contribution in [2.45, 2.75) is 32.0 Å². The van der Waals surface area contributed by atoms with Crippen LogP contribution in [0.5, 0.6) is 0 Å². The molecule has 1 aromatic carbocycles. The molecule has 180 valence electrons. The summed E-state index contributed by atoms with van der Waals surface area (Å²) in [6, 6.07) is 12.7. The van der Waals surface area contributed by atoms with Crippen molar-refractivity contribution in [1.29, 1.82) is 0 Å². The van der Waals surface area contributed by atoms with Crippen LogP contribution in [0.25, 0.3) is 0 Å². The normalized spacial score (nSPS) is 19.6. The molecule has 9 heteroatoms. The third-order valence-electron chi connectivity index (χ3n) is 6.62. The van der Waals surface area contributed by atoms with E-state index in [4.69, 9.17) is 9.40 Å². The first-order valence-corrected chi connectivity index (χ1v) is 13.5. The Labute approximate surface area is 212 Å². The van der Waals surface area contributed by atoms with E-state index in [2.05, 4.69) is 60.7 Å². The van der Waals surface area contributed by atoms with Gasteiger partial charge in [0.2, 0.25) is 0 Å². The minimum absolute atomic E-state index is 0.0223. The predicted octanol–water partition coefficient (Wildman–Crippen LogP) is 4.53. The number of halogens is 1. The number of piperazine rings is 1. The van der Waals surface area contributed by atoms with Crippen LogP contribution in [0.4, 0.5) is 5.13 Å². The van der Waals surface area contributed by atoms with Crippen molar-refractivity contribution >= 4 is 38.3 Å². The molecule has 0 saturated carbocycles. The lowest BCUT2D eigenvalue weighted by Crippen LogP contribution is -2.48. The Kier molecular flexibility index (Phi) is 7.63. The second kappa shape index (κ2) is 11.0. The maximum atomic E-state index is 12.4. The molecule has 4 heterocycles. The van der Waals surface area contributed by atoms with Gasteiger partial charge in [0.05, 0.1) is 12.0 Å². The zero-order valence-electron chi connectivity index (χ0n) is 19.2. The molecule has 1 amide bonds. The molecule has 1 atom stereocenters. The standard InChI is InChI=1S/C25H30BrN5O2S/c26-20-7-5-19(6-8-20)16-31-9-1-3-22(31)15-27-25-28-21(18-34-25)17-29-10-12-30(13-11-29)24(32)23-4-2-14-33-23/h2,4-8,14,18,22H,1,3,9-13,15-17H2,(H,27,28)/t22-/m0/s1. The highest BCUT2D eigenvalue weighted by atomic mass is 79.9. The van der Waals surface area contributed by atoms with Gasteiger partial charge in [-0.1, -0.05) is 28.1 Å². The third kappa shape index (κ3) is 5.89. The van der Waals surface area contributed by atoms with E-state index in [-0.39, 0.29) is 5.91 Å². The number of nitrogens with zero attached hydrogens (tertiary/aromatic N) is 4. The summed E-state index contributed by atoms with van der Waals surface area (Å²) in [5.41, 5.74) is 2.45. The van der Waals surface area contributed by atoms with E-state index in [9.17, 15) is 4.79 Å². The van der Waals surface area contributed by atoms with E-state index >= 15 is 0 Å². The molecular weight excluding hydrogens is 514 g/mol. The number of benzene rings is 1. The van der Waals surface area contributed by atoms with Gasteiger partial charge >= 0.3 is 0 Å². The maximum absolute atomic E-state index is 12.4. The van der Waals surface area contributed by atoms with Crippen LogP contribution in [0.2, 0.25) is 0 Å². The molecule has 3 aromatic rings. The first-order valence-electron chi connectivity index (χ1n) is 11.9. The molecule has 0 radical (unpaired) electrons. The van der Waals surface area contributed by atoms with Crippen molar-refractivity contribution in [3.8, 4) is 0 Å². The van der Waals surface area contributed by atoms with Crippen molar-refractivity contribution in [2.75, 3.05) is 44.6 Å². The number of nitrogens with one attached hydrogen (secondary N) is 1. The first-order chi connectivity index (χ1) is 16.6. The Bertz CT molecular complexity index is 1060. The number of rotatable bonds is 8. The molecular formula is C25H30BrN5O2S. The average molecular weight is 545 g/mol. The highest BCUT2D eigenvalue weighted by Gasteiger charge is 2.26. The predicted molar refractivity (Wildman–Crippen MR) is 138 cm³/mol. The Morgan fingerprint density at radius 2 is 1.94 bits per heavy atom. The number of aromatic nitrogens is 1. The smallest absolute Gasteiger partial charge is 0.289 e. The molecule has 0 aliphatic carbocycles. The molecule has 0 bridgehead atoms. The highest BCUT2D eigenvalue weighted by molar-refractivity contribution is 9.10. The third-order valence-corrected chi connectivity index (χ3v) is 7.99. The summed E-state index contributed by atoms with van der Waals surface area (Å²) in [5.74, 6) is 0.396. The molecule has 7 nitrogen and oxygen atoms in total. The van der Waals surface area contributed by atoms with Gasteiger partial charge < -0.3 is 14.6 Å². The van der Waals surface area contributed by atoms with E-state index in [0.717, 1.165) is 54.6 Å². The fourth-order valence-electron chi connectivity index (χ4n) is 4.72. The molecule has 34 heavy (non-hydrogen) atoms. The van der Waals surface area contributed by atoms with E-state index < -0.39 is 0 Å². The summed E-state index contributed by atoms with van der Waals surface area (Å²) >= 11 is 5.20. The molecule has 2 fully saturated rings. The quantitative estimate of drug-likeness (QED) is 0.450. The summed E-state index contributed by atoms with van der Waals surface area (Å²) < 4.78 is 6.37.